The summed E-state index contributed by atoms with van der Waals surface area (Å²) in [6.45, 7) is 5.81. The molecule has 0 aliphatic carbocycles. The zero-order valence-electron chi connectivity index (χ0n) is 18.9. The lowest BCUT2D eigenvalue weighted by molar-refractivity contribution is 0.104. The number of nitrogens with zero attached hydrogens (tertiary/aromatic N) is 1. The highest BCUT2D eigenvalue weighted by atomic mass is 16.5. The van der Waals surface area contributed by atoms with E-state index < -0.39 is 11.4 Å². The van der Waals surface area contributed by atoms with Gasteiger partial charge < -0.3 is 23.5 Å². The molecule has 1 aromatic heterocycles. The normalized spacial score (nSPS) is 11.0. The highest BCUT2D eigenvalue weighted by Gasteiger charge is 2.15. The van der Waals surface area contributed by atoms with Crippen molar-refractivity contribution in [2.75, 3.05) is 39.3 Å². The first kappa shape index (κ1) is 22.9. The zero-order valence-corrected chi connectivity index (χ0v) is 18.9. The van der Waals surface area contributed by atoms with E-state index in [2.05, 4.69) is 18.7 Å². The fourth-order valence-electron chi connectivity index (χ4n) is 3.52. The quantitative estimate of drug-likeness (QED) is 0.276. The molecule has 3 rings (SSSR count). The van der Waals surface area contributed by atoms with E-state index in [1.807, 2.05) is 18.2 Å². The van der Waals surface area contributed by atoms with Gasteiger partial charge in [0.05, 0.1) is 21.3 Å². The summed E-state index contributed by atoms with van der Waals surface area (Å²) in [7, 11) is 4.55. The zero-order chi connectivity index (χ0) is 23.3. The van der Waals surface area contributed by atoms with Gasteiger partial charge in [-0.15, -0.1) is 0 Å². The standard InChI is InChI=1S/C25H27NO6/c1-6-26(7-2)18-10-9-17-14-19(25(28)32-21(17)15-18)20(27)11-8-16-12-22(29-3)24(31-5)23(13-16)30-4/h8-15H,6-7H2,1-5H3. The van der Waals surface area contributed by atoms with Crippen molar-refractivity contribution in [1.82, 2.24) is 0 Å². The number of allylic oxidation sites excluding steroid dienone is 1. The predicted octanol–water partition coefficient (Wildman–Crippen LogP) is 4.56. The fourth-order valence-corrected chi connectivity index (χ4v) is 3.52. The van der Waals surface area contributed by atoms with Crippen LogP contribution in [0.25, 0.3) is 17.0 Å². The summed E-state index contributed by atoms with van der Waals surface area (Å²) in [5.41, 5.74) is 1.36. The number of ketones is 1. The molecule has 0 amide bonds. The first-order valence-electron chi connectivity index (χ1n) is 10.3. The van der Waals surface area contributed by atoms with Crippen LogP contribution in [0.3, 0.4) is 0 Å². The highest BCUT2D eigenvalue weighted by Crippen LogP contribution is 2.38. The van der Waals surface area contributed by atoms with E-state index in [0.717, 1.165) is 18.8 Å². The Morgan fingerprint density at radius 1 is 0.969 bits per heavy atom. The van der Waals surface area contributed by atoms with Crippen LogP contribution in [0.2, 0.25) is 0 Å². The van der Waals surface area contributed by atoms with E-state index in [4.69, 9.17) is 18.6 Å². The van der Waals surface area contributed by atoms with Gasteiger partial charge in [0.1, 0.15) is 11.1 Å². The SMILES string of the molecule is CCN(CC)c1ccc2cc(C(=O)C=Cc3cc(OC)c(OC)c(OC)c3)c(=O)oc2c1. The summed E-state index contributed by atoms with van der Waals surface area (Å²) in [4.78, 5) is 27.4. The summed E-state index contributed by atoms with van der Waals surface area (Å²) < 4.78 is 21.4. The summed E-state index contributed by atoms with van der Waals surface area (Å²) in [5.74, 6) is 0.932. The van der Waals surface area contributed by atoms with Gasteiger partial charge in [-0.05, 0) is 55.8 Å². The molecule has 3 aromatic rings. The minimum absolute atomic E-state index is 0.0308. The van der Waals surface area contributed by atoms with Crippen molar-refractivity contribution in [1.29, 1.82) is 0 Å². The Morgan fingerprint density at radius 3 is 2.19 bits per heavy atom. The van der Waals surface area contributed by atoms with Gasteiger partial charge in [-0.25, -0.2) is 4.79 Å². The molecule has 7 heteroatoms. The van der Waals surface area contributed by atoms with Gasteiger partial charge in [-0.3, -0.25) is 4.79 Å². The maximum Gasteiger partial charge on any atom is 0.347 e. The number of carbonyl (C=O) groups is 1. The molecule has 0 saturated carbocycles. The Morgan fingerprint density at radius 2 is 1.62 bits per heavy atom. The van der Waals surface area contributed by atoms with Crippen molar-refractivity contribution in [2.45, 2.75) is 13.8 Å². The molecule has 0 bridgehead atoms. The van der Waals surface area contributed by atoms with Crippen LogP contribution in [0.4, 0.5) is 5.69 Å². The van der Waals surface area contributed by atoms with E-state index in [9.17, 15) is 9.59 Å². The van der Waals surface area contributed by atoms with E-state index in [1.165, 1.54) is 27.4 Å². The monoisotopic (exact) mass is 437 g/mol. The molecule has 168 valence electrons. The Labute approximate surface area is 186 Å². The Kier molecular flexibility index (Phi) is 7.20. The second-order valence-corrected chi connectivity index (χ2v) is 7.00. The molecule has 0 aliphatic heterocycles. The third-order valence-electron chi connectivity index (χ3n) is 5.23. The largest absolute Gasteiger partial charge is 0.493 e. The minimum Gasteiger partial charge on any atom is -0.493 e. The van der Waals surface area contributed by atoms with E-state index in [0.29, 0.717) is 33.8 Å². The number of rotatable bonds is 9. The Hall–Kier alpha value is -3.74. The number of methoxy groups -OCH3 is 3. The number of fused-ring (bicyclic) bond motifs is 1. The van der Waals surface area contributed by atoms with Crippen molar-refractivity contribution in [3.8, 4) is 17.2 Å². The number of anilines is 1. The van der Waals surface area contributed by atoms with Gasteiger partial charge >= 0.3 is 5.63 Å². The molecular weight excluding hydrogens is 410 g/mol. The fraction of sp³-hybridized carbons (Fsp3) is 0.280. The average molecular weight is 437 g/mol. The lowest BCUT2D eigenvalue weighted by Crippen LogP contribution is -2.21. The van der Waals surface area contributed by atoms with Gasteiger partial charge in [0.15, 0.2) is 17.3 Å². The third-order valence-corrected chi connectivity index (χ3v) is 5.23. The van der Waals surface area contributed by atoms with Crippen molar-refractivity contribution in [3.63, 3.8) is 0 Å². The maximum atomic E-state index is 12.7. The summed E-state index contributed by atoms with van der Waals surface area (Å²) in [6, 6.07) is 10.6. The molecule has 0 spiro atoms. The first-order valence-corrected chi connectivity index (χ1v) is 10.3. The summed E-state index contributed by atoms with van der Waals surface area (Å²) in [5, 5.41) is 0.685. The number of carbonyl (C=O) groups excluding carboxylic acids is 1. The van der Waals surface area contributed by atoms with Crippen LogP contribution < -0.4 is 24.7 Å². The number of benzene rings is 2. The molecule has 0 aliphatic rings. The molecule has 0 N–H and O–H groups in total. The molecule has 0 fully saturated rings. The molecule has 2 aromatic carbocycles. The second kappa shape index (κ2) is 10.0. The van der Waals surface area contributed by atoms with Gasteiger partial charge in [-0.2, -0.15) is 0 Å². The average Bonchev–Trinajstić information content (AvgIpc) is 2.81. The summed E-state index contributed by atoms with van der Waals surface area (Å²) in [6.07, 6.45) is 2.91. The smallest absolute Gasteiger partial charge is 0.347 e. The highest BCUT2D eigenvalue weighted by molar-refractivity contribution is 6.08. The minimum atomic E-state index is -0.672. The Balaban J connectivity index is 1.93. The lowest BCUT2D eigenvalue weighted by Gasteiger charge is -2.20. The van der Waals surface area contributed by atoms with Crippen molar-refractivity contribution in [3.05, 3.63) is 64.0 Å². The molecule has 0 saturated heterocycles. The predicted molar refractivity (Wildman–Crippen MR) is 126 cm³/mol. The van der Waals surface area contributed by atoms with Gasteiger partial charge in [0.25, 0.3) is 0 Å². The van der Waals surface area contributed by atoms with Crippen molar-refractivity contribution in [2.24, 2.45) is 0 Å². The molecule has 1 heterocycles. The number of hydrogen-bond acceptors (Lipinski definition) is 7. The Bertz CT molecular complexity index is 1180. The van der Waals surface area contributed by atoms with Gasteiger partial charge in [0, 0.05) is 30.2 Å². The number of hydrogen-bond donors (Lipinski definition) is 0. The lowest BCUT2D eigenvalue weighted by atomic mass is 10.1. The number of ether oxygens (including phenoxy) is 3. The van der Waals surface area contributed by atoms with Crippen molar-refractivity contribution < 1.29 is 23.4 Å². The molecule has 0 unspecified atom stereocenters. The van der Waals surface area contributed by atoms with Crippen LogP contribution in [0.5, 0.6) is 17.2 Å². The molecule has 7 nitrogen and oxygen atoms in total. The second-order valence-electron chi connectivity index (χ2n) is 7.00. The van der Waals surface area contributed by atoms with Crippen LogP contribution in [0.1, 0.15) is 29.8 Å². The van der Waals surface area contributed by atoms with Gasteiger partial charge in [0.2, 0.25) is 5.75 Å². The summed E-state index contributed by atoms with van der Waals surface area (Å²) >= 11 is 0. The van der Waals surface area contributed by atoms with E-state index in [1.54, 1.807) is 24.3 Å². The van der Waals surface area contributed by atoms with Crippen LogP contribution >= 0.6 is 0 Å². The molecule has 32 heavy (non-hydrogen) atoms. The van der Waals surface area contributed by atoms with Crippen LogP contribution in [-0.2, 0) is 0 Å². The van der Waals surface area contributed by atoms with Gasteiger partial charge in [-0.1, -0.05) is 6.08 Å². The molecule has 0 atom stereocenters. The topological polar surface area (TPSA) is 78.2 Å². The third kappa shape index (κ3) is 4.61. The van der Waals surface area contributed by atoms with Crippen LogP contribution in [0, 0.1) is 0 Å². The van der Waals surface area contributed by atoms with Crippen LogP contribution in [0.15, 0.2) is 51.7 Å². The van der Waals surface area contributed by atoms with E-state index >= 15 is 0 Å². The molecule has 0 radical (unpaired) electrons. The maximum absolute atomic E-state index is 12.7. The van der Waals surface area contributed by atoms with E-state index in [-0.39, 0.29) is 5.56 Å². The van der Waals surface area contributed by atoms with Crippen LogP contribution in [-0.4, -0.2) is 40.2 Å². The van der Waals surface area contributed by atoms with Crippen molar-refractivity contribution >= 4 is 28.5 Å². The first-order chi connectivity index (χ1) is 15.4. The molecular formula is C25H27NO6.